The molecule has 0 radical (unpaired) electrons. The van der Waals surface area contributed by atoms with Crippen LogP contribution in [0.5, 0.6) is 5.75 Å². The van der Waals surface area contributed by atoms with Crippen molar-refractivity contribution in [1.29, 1.82) is 0 Å². The number of carbonyl (C=O) groups is 2. The summed E-state index contributed by atoms with van der Waals surface area (Å²) in [5.74, 6) is 0.0440. The highest BCUT2D eigenvalue weighted by Gasteiger charge is 2.31. The van der Waals surface area contributed by atoms with Gasteiger partial charge >= 0.3 is 0 Å². The number of benzene rings is 2. The Hall–Kier alpha value is -2.82. The minimum atomic E-state index is -0.754. The number of amides is 2. The van der Waals surface area contributed by atoms with Gasteiger partial charge in [0.15, 0.2) is 0 Å². The minimum Gasteiger partial charge on any atom is -0.489 e. The standard InChI is InChI=1S/C19H20N2O3/c1-21-17(22)10-8-14-7-9-15(11-16(14)18(21)19(20)23)24-12-13-5-3-2-4-6-13/h2-7,9,11,18H,8,10,12H2,1H3,(H2,20,23). The smallest absolute Gasteiger partial charge is 0.244 e. The number of hydrogen-bond acceptors (Lipinski definition) is 3. The van der Waals surface area contributed by atoms with E-state index in [0.29, 0.717) is 25.2 Å². The van der Waals surface area contributed by atoms with Gasteiger partial charge in [0.05, 0.1) is 0 Å². The normalized spacial score (nSPS) is 17.1. The number of primary amides is 1. The predicted molar refractivity (Wildman–Crippen MR) is 90.2 cm³/mol. The monoisotopic (exact) mass is 324 g/mol. The fourth-order valence-electron chi connectivity index (χ4n) is 3.00. The summed E-state index contributed by atoms with van der Waals surface area (Å²) in [4.78, 5) is 25.4. The molecule has 0 saturated carbocycles. The summed E-state index contributed by atoms with van der Waals surface area (Å²) >= 11 is 0. The molecule has 0 aromatic heterocycles. The van der Waals surface area contributed by atoms with Gasteiger partial charge in [-0.2, -0.15) is 0 Å². The second kappa shape index (κ2) is 6.74. The van der Waals surface area contributed by atoms with Crippen molar-refractivity contribution in [3.63, 3.8) is 0 Å². The molecular weight excluding hydrogens is 304 g/mol. The van der Waals surface area contributed by atoms with Crippen LogP contribution in [-0.4, -0.2) is 23.8 Å². The Morgan fingerprint density at radius 1 is 1.21 bits per heavy atom. The van der Waals surface area contributed by atoms with Crippen molar-refractivity contribution < 1.29 is 14.3 Å². The van der Waals surface area contributed by atoms with Gasteiger partial charge in [-0.15, -0.1) is 0 Å². The van der Waals surface area contributed by atoms with E-state index in [9.17, 15) is 9.59 Å². The first-order valence-corrected chi connectivity index (χ1v) is 7.91. The van der Waals surface area contributed by atoms with Gasteiger partial charge in [0.1, 0.15) is 18.4 Å². The average molecular weight is 324 g/mol. The fraction of sp³-hybridized carbons (Fsp3) is 0.263. The molecule has 1 heterocycles. The van der Waals surface area contributed by atoms with Crippen LogP contribution in [0.4, 0.5) is 0 Å². The molecule has 124 valence electrons. The second-order valence-corrected chi connectivity index (χ2v) is 5.94. The lowest BCUT2D eigenvalue weighted by atomic mass is 9.97. The summed E-state index contributed by atoms with van der Waals surface area (Å²) in [7, 11) is 1.62. The Labute approximate surface area is 141 Å². The van der Waals surface area contributed by atoms with E-state index in [1.165, 1.54) is 4.90 Å². The largest absolute Gasteiger partial charge is 0.489 e. The molecule has 3 rings (SSSR count). The highest BCUT2D eigenvalue weighted by atomic mass is 16.5. The number of likely N-dealkylation sites (N-methyl/N-ethyl adjacent to an activating group) is 1. The Kier molecular flexibility index (Phi) is 4.51. The molecule has 5 nitrogen and oxygen atoms in total. The highest BCUT2D eigenvalue weighted by molar-refractivity contribution is 5.89. The molecule has 1 aliphatic heterocycles. The SMILES string of the molecule is CN1C(=O)CCc2ccc(OCc3ccccc3)cc2C1C(N)=O. The van der Waals surface area contributed by atoms with Crippen molar-refractivity contribution in [2.75, 3.05) is 7.05 Å². The molecule has 2 amide bonds. The number of aryl methyl sites for hydroxylation is 1. The first-order chi connectivity index (χ1) is 11.6. The topological polar surface area (TPSA) is 72.6 Å². The number of nitrogens with zero attached hydrogens (tertiary/aromatic N) is 1. The van der Waals surface area contributed by atoms with Crippen LogP contribution >= 0.6 is 0 Å². The summed E-state index contributed by atoms with van der Waals surface area (Å²) in [5.41, 5.74) is 8.32. The third-order valence-corrected chi connectivity index (χ3v) is 4.32. The zero-order valence-corrected chi connectivity index (χ0v) is 13.6. The third kappa shape index (κ3) is 3.25. The molecule has 5 heteroatoms. The molecule has 1 atom stereocenters. The lowest BCUT2D eigenvalue weighted by molar-refractivity contribution is -0.137. The molecule has 0 fully saturated rings. The van der Waals surface area contributed by atoms with Crippen molar-refractivity contribution in [2.24, 2.45) is 5.73 Å². The zero-order chi connectivity index (χ0) is 17.1. The maximum absolute atomic E-state index is 12.1. The average Bonchev–Trinajstić information content (AvgIpc) is 2.71. The Bertz CT molecular complexity index is 758. The van der Waals surface area contributed by atoms with Crippen LogP contribution in [0.15, 0.2) is 48.5 Å². The summed E-state index contributed by atoms with van der Waals surface area (Å²) < 4.78 is 5.83. The summed E-state index contributed by atoms with van der Waals surface area (Å²) in [6.45, 7) is 0.440. The first-order valence-electron chi connectivity index (χ1n) is 7.91. The van der Waals surface area contributed by atoms with Crippen LogP contribution in [0, 0.1) is 0 Å². The molecule has 0 bridgehead atoms. The first kappa shape index (κ1) is 16.1. The number of ether oxygens (including phenoxy) is 1. The van der Waals surface area contributed by atoms with Gasteiger partial charge in [-0.1, -0.05) is 36.4 Å². The number of rotatable bonds is 4. The molecule has 2 aromatic rings. The third-order valence-electron chi connectivity index (χ3n) is 4.32. The van der Waals surface area contributed by atoms with Crippen molar-refractivity contribution in [1.82, 2.24) is 4.90 Å². The van der Waals surface area contributed by atoms with Crippen LogP contribution in [0.3, 0.4) is 0 Å². The van der Waals surface area contributed by atoms with E-state index in [4.69, 9.17) is 10.5 Å². The second-order valence-electron chi connectivity index (χ2n) is 5.94. The van der Waals surface area contributed by atoms with Gasteiger partial charge in [0.2, 0.25) is 11.8 Å². The summed E-state index contributed by atoms with van der Waals surface area (Å²) in [5, 5.41) is 0. The van der Waals surface area contributed by atoms with Gasteiger partial charge in [-0.3, -0.25) is 9.59 Å². The number of nitrogens with two attached hydrogens (primary N) is 1. The van der Waals surface area contributed by atoms with Crippen molar-refractivity contribution >= 4 is 11.8 Å². The molecular formula is C19H20N2O3. The summed E-state index contributed by atoms with van der Waals surface area (Å²) in [6.07, 6.45) is 0.971. The predicted octanol–water partition coefficient (Wildman–Crippen LogP) is 2.20. The van der Waals surface area contributed by atoms with Gasteiger partial charge in [-0.05, 0) is 35.2 Å². The molecule has 2 aromatic carbocycles. The molecule has 0 spiro atoms. The lowest BCUT2D eigenvalue weighted by Crippen LogP contribution is -2.38. The van der Waals surface area contributed by atoms with Crippen molar-refractivity contribution in [2.45, 2.75) is 25.5 Å². The van der Waals surface area contributed by atoms with Crippen molar-refractivity contribution in [3.8, 4) is 5.75 Å². The van der Waals surface area contributed by atoms with Crippen LogP contribution in [-0.2, 0) is 22.6 Å². The molecule has 0 saturated heterocycles. The number of carbonyl (C=O) groups excluding carboxylic acids is 2. The van der Waals surface area contributed by atoms with E-state index in [1.807, 2.05) is 48.5 Å². The van der Waals surface area contributed by atoms with E-state index < -0.39 is 11.9 Å². The zero-order valence-electron chi connectivity index (χ0n) is 13.6. The van der Waals surface area contributed by atoms with Crippen LogP contribution in [0.2, 0.25) is 0 Å². The van der Waals surface area contributed by atoms with Gasteiger partial charge < -0.3 is 15.4 Å². The van der Waals surface area contributed by atoms with Gasteiger partial charge in [0, 0.05) is 13.5 Å². The highest BCUT2D eigenvalue weighted by Crippen LogP contribution is 2.31. The lowest BCUT2D eigenvalue weighted by Gasteiger charge is -2.25. The molecule has 1 aliphatic rings. The Morgan fingerprint density at radius 2 is 1.96 bits per heavy atom. The minimum absolute atomic E-state index is 0.0817. The maximum Gasteiger partial charge on any atom is 0.244 e. The molecule has 24 heavy (non-hydrogen) atoms. The summed E-state index contributed by atoms with van der Waals surface area (Å²) in [6, 6.07) is 14.7. The maximum atomic E-state index is 12.1. The van der Waals surface area contributed by atoms with E-state index in [0.717, 1.165) is 16.7 Å². The molecule has 2 N–H and O–H groups in total. The van der Waals surface area contributed by atoms with Gasteiger partial charge in [-0.25, -0.2) is 0 Å². The molecule has 0 aliphatic carbocycles. The van der Waals surface area contributed by atoms with E-state index in [2.05, 4.69) is 0 Å². The van der Waals surface area contributed by atoms with E-state index in [-0.39, 0.29) is 5.91 Å². The Balaban J connectivity index is 1.88. The number of hydrogen-bond donors (Lipinski definition) is 1. The van der Waals surface area contributed by atoms with Crippen LogP contribution < -0.4 is 10.5 Å². The fourth-order valence-corrected chi connectivity index (χ4v) is 3.00. The number of fused-ring (bicyclic) bond motifs is 1. The molecule has 1 unspecified atom stereocenters. The van der Waals surface area contributed by atoms with Gasteiger partial charge in [0.25, 0.3) is 0 Å². The van der Waals surface area contributed by atoms with E-state index >= 15 is 0 Å². The van der Waals surface area contributed by atoms with E-state index in [1.54, 1.807) is 7.05 Å². The van der Waals surface area contributed by atoms with Crippen LogP contribution in [0.1, 0.15) is 29.2 Å². The quantitative estimate of drug-likeness (QED) is 0.937. The Morgan fingerprint density at radius 3 is 2.67 bits per heavy atom. The van der Waals surface area contributed by atoms with Crippen LogP contribution in [0.25, 0.3) is 0 Å². The van der Waals surface area contributed by atoms with Crippen molar-refractivity contribution in [3.05, 3.63) is 65.2 Å².